The van der Waals surface area contributed by atoms with Gasteiger partial charge < -0.3 is 9.88 Å². The van der Waals surface area contributed by atoms with Crippen LogP contribution >= 0.6 is 0 Å². The van der Waals surface area contributed by atoms with Crippen LogP contribution in [0.4, 0.5) is 14.6 Å². The van der Waals surface area contributed by atoms with Gasteiger partial charge in [0, 0.05) is 29.4 Å². The highest BCUT2D eigenvalue weighted by molar-refractivity contribution is 6.03. The van der Waals surface area contributed by atoms with Gasteiger partial charge in [-0.3, -0.25) is 4.79 Å². The summed E-state index contributed by atoms with van der Waals surface area (Å²) in [6, 6.07) is 12.7. The van der Waals surface area contributed by atoms with Crippen LogP contribution in [0.25, 0.3) is 28.3 Å². The van der Waals surface area contributed by atoms with Crippen molar-refractivity contribution in [3.05, 3.63) is 84.6 Å². The number of carbonyl (C=O) groups is 1. The highest BCUT2D eigenvalue weighted by Crippen LogP contribution is 2.41. The molecule has 0 radical (unpaired) electrons. The molecule has 1 N–H and O–H groups in total. The van der Waals surface area contributed by atoms with Gasteiger partial charge in [0.1, 0.15) is 11.5 Å². The monoisotopic (exact) mass is 457 g/mol. The number of hydrogen-bond donors (Lipinski definition) is 1. The van der Waals surface area contributed by atoms with Crippen molar-refractivity contribution in [3.8, 4) is 22.6 Å². The van der Waals surface area contributed by atoms with Gasteiger partial charge in [0.25, 0.3) is 5.91 Å². The fourth-order valence-corrected chi connectivity index (χ4v) is 3.86. The van der Waals surface area contributed by atoms with Crippen molar-refractivity contribution in [2.24, 2.45) is 0 Å². The van der Waals surface area contributed by atoms with Gasteiger partial charge in [0.05, 0.1) is 23.9 Å². The van der Waals surface area contributed by atoms with E-state index >= 15 is 0 Å². The molecule has 4 aromatic heterocycles. The van der Waals surface area contributed by atoms with Gasteiger partial charge in [-0.2, -0.15) is 9.49 Å². The average molecular weight is 457 g/mol. The van der Waals surface area contributed by atoms with E-state index in [9.17, 15) is 13.6 Å². The summed E-state index contributed by atoms with van der Waals surface area (Å²) in [5.74, 6) is -1.27. The number of benzene rings is 1. The fourth-order valence-electron chi connectivity index (χ4n) is 3.86. The Hall–Kier alpha value is -4.47. The number of rotatable bonds is 5. The minimum atomic E-state index is -0.738. The Morgan fingerprint density at radius 1 is 1.03 bits per heavy atom. The molecule has 0 unspecified atom stereocenters. The molecule has 168 valence electrons. The second kappa shape index (κ2) is 7.84. The highest BCUT2D eigenvalue weighted by Gasteiger charge is 2.29. The maximum Gasteiger partial charge on any atom is 0.257 e. The summed E-state index contributed by atoms with van der Waals surface area (Å²) in [7, 11) is 0. The van der Waals surface area contributed by atoms with Crippen LogP contribution in [-0.4, -0.2) is 35.0 Å². The molecule has 0 aliphatic heterocycles. The first-order valence-corrected chi connectivity index (χ1v) is 10.7. The van der Waals surface area contributed by atoms with Crippen LogP contribution in [0.5, 0.6) is 0 Å². The normalized spacial score (nSPS) is 13.4. The van der Waals surface area contributed by atoms with Crippen LogP contribution < -0.4 is 5.32 Å². The second-order valence-corrected chi connectivity index (χ2v) is 8.06. The Labute approximate surface area is 191 Å². The van der Waals surface area contributed by atoms with E-state index < -0.39 is 11.9 Å². The molecule has 10 heteroatoms. The van der Waals surface area contributed by atoms with E-state index in [0.29, 0.717) is 23.1 Å². The Bertz CT molecular complexity index is 1540. The standard InChI is InChI=1S/C24H17F2N7O/c25-16-3-1-14(2-4-16)22-23(32(13-28-22)17-5-6-17)18-7-8-21-29-20(12-33(21)31-18)30-24(34)15-9-10-27-19(26)11-15/h1-4,7-13,17H,5-6H2,(H,30,34). The zero-order valence-electron chi connectivity index (χ0n) is 17.7. The minimum Gasteiger partial charge on any atom is -0.326 e. The Morgan fingerprint density at radius 3 is 2.62 bits per heavy atom. The molecule has 1 aliphatic rings. The molecular weight excluding hydrogens is 440 g/mol. The van der Waals surface area contributed by atoms with Gasteiger partial charge in [-0.15, -0.1) is 0 Å². The minimum absolute atomic E-state index is 0.135. The number of hydrogen-bond acceptors (Lipinski definition) is 5. The summed E-state index contributed by atoms with van der Waals surface area (Å²) in [6.45, 7) is 0. The van der Waals surface area contributed by atoms with Crippen LogP contribution in [-0.2, 0) is 0 Å². The van der Waals surface area contributed by atoms with Gasteiger partial charge in [0.2, 0.25) is 5.95 Å². The first-order valence-electron chi connectivity index (χ1n) is 10.7. The number of pyridine rings is 1. The van der Waals surface area contributed by atoms with Crippen LogP contribution in [0.2, 0.25) is 0 Å². The summed E-state index contributed by atoms with van der Waals surface area (Å²) in [4.78, 5) is 24.9. The number of imidazole rings is 2. The molecule has 34 heavy (non-hydrogen) atoms. The predicted molar refractivity (Wildman–Crippen MR) is 120 cm³/mol. The summed E-state index contributed by atoms with van der Waals surface area (Å²) < 4.78 is 30.5. The molecule has 4 heterocycles. The summed E-state index contributed by atoms with van der Waals surface area (Å²) in [6.07, 6.45) is 6.73. The quantitative estimate of drug-likeness (QED) is 0.392. The lowest BCUT2D eigenvalue weighted by atomic mass is 10.1. The van der Waals surface area contributed by atoms with E-state index in [0.717, 1.165) is 30.2 Å². The maximum atomic E-state index is 13.5. The van der Waals surface area contributed by atoms with Gasteiger partial charge >= 0.3 is 0 Å². The molecule has 1 amide bonds. The molecule has 5 aromatic rings. The van der Waals surface area contributed by atoms with Crippen LogP contribution in [0.1, 0.15) is 29.2 Å². The van der Waals surface area contributed by atoms with E-state index in [1.165, 1.54) is 24.4 Å². The number of fused-ring (bicyclic) bond motifs is 1. The maximum absolute atomic E-state index is 13.5. The molecule has 8 nitrogen and oxygen atoms in total. The number of nitrogens with zero attached hydrogens (tertiary/aromatic N) is 6. The third-order valence-corrected chi connectivity index (χ3v) is 5.64. The van der Waals surface area contributed by atoms with Crippen molar-refractivity contribution in [1.82, 2.24) is 29.1 Å². The Kier molecular flexibility index (Phi) is 4.65. The molecular formula is C24H17F2N7O. The van der Waals surface area contributed by atoms with E-state index in [2.05, 4.69) is 24.8 Å². The molecule has 1 aliphatic carbocycles. The number of halogens is 2. The van der Waals surface area contributed by atoms with E-state index in [1.807, 2.05) is 6.07 Å². The predicted octanol–water partition coefficient (Wildman–Crippen LogP) is 4.52. The summed E-state index contributed by atoms with van der Waals surface area (Å²) in [5.41, 5.74) is 3.68. The Balaban J connectivity index is 1.37. The Morgan fingerprint density at radius 2 is 1.85 bits per heavy atom. The average Bonchev–Trinajstić information content (AvgIpc) is 3.45. The highest BCUT2D eigenvalue weighted by atomic mass is 19.1. The molecule has 1 aromatic carbocycles. The number of nitrogens with one attached hydrogen (secondary N) is 1. The SMILES string of the molecule is O=C(Nc1cn2nc(-c3c(-c4ccc(F)cc4)ncn3C3CC3)ccc2n1)c1ccnc(F)c1. The second-order valence-electron chi connectivity index (χ2n) is 8.06. The van der Waals surface area contributed by atoms with Gasteiger partial charge in [-0.25, -0.2) is 23.9 Å². The van der Waals surface area contributed by atoms with Crippen molar-refractivity contribution in [2.75, 3.05) is 5.32 Å². The van der Waals surface area contributed by atoms with Gasteiger partial charge in [-0.05, 0) is 55.3 Å². The lowest BCUT2D eigenvalue weighted by Gasteiger charge is -2.09. The van der Waals surface area contributed by atoms with Crippen molar-refractivity contribution in [1.29, 1.82) is 0 Å². The molecule has 0 bridgehead atoms. The molecule has 1 fully saturated rings. The van der Waals surface area contributed by atoms with E-state index in [-0.39, 0.29) is 17.2 Å². The number of amides is 1. The topological polar surface area (TPSA) is 90.0 Å². The summed E-state index contributed by atoms with van der Waals surface area (Å²) in [5, 5.41) is 7.36. The van der Waals surface area contributed by atoms with E-state index in [1.54, 1.807) is 35.2 Å². The first kappa shape index (κ1) is 20.2. The van der Waals surface area contributed by atoms with E-state index in [4.69, 9.17) is 5.10 Å². The molecule has 6 rings (SSSR count). The third-order valence-electron chi connectivity index (χ3n) is 5.64. The number of carbonyl (C=O) groups excluding carboxylic acids is 1. The fraction of sp³-hybridized carbons (Fsp3) is 0.125. The van der Waals surface area contributed by atoms with Crippen molar-refractivity contribution in [2.45, 2.75) is 18.9 Å². The van der Waals surface area contributed by atoms with Crippen molar-refractivity contribution < 1.29 is 13.6 Å². The van der Waals surface area contributed by atoms with Gasteiger partial charge in [0.15, 0.2) is 11.5 Å². The number of anilines is 1. The molecule has 0 spiro atoms. The molecule has 0 saturated heterocycles. The molecule has 0 atom stereocenters. The van der Waals surface area contributed by atoms with Crippen LogP contribution in [0, 0.1) is 11.8 Å². The smallest absolute Gasteiger partial charge is 0.257 e. The van der Waals surface area contributed by atoms with Crippen LogP contribution in [0.3, 0.4) is 0 Å². The lowest BCUT2D eigenvalue weighted by molar-refractivity contribution is 0.102. The van der Waals surface area contributed by atoms with Crippen molar-refractivity contribution >= 4 is 17.4 Å². The first-order chi connectivity index (χ1) is 16.5. The molecule has 1 saturated carbocycles. The number of aromatic nitrogens is 6. The largest absolute Gasteiger partial charge is 0.326 e. The third kappa shape index (κ3) is 3.68. The zero-order chi connectivity index (χ0) is 23.2. The lowest BCUT2D eigenvalue weighted by Crippen LogP contribution is -2.12. The van der Waals surface area contributed by atoms with Crippen molar-refractivity contribution in [3.63, 3.8) is 0 Å². The zero-order valence-corrected chi connectivity index (χ0v) is 17.7. The van der Waals surface area contributed by atoms with Gasteiger partial charge in [-0.1, -0.05) is 0 Å². The summed E-state index contributed by atoms with van der Waals surface area (Å²) >= 11 is 0. The van der Waals surface area contributed by atoms with Crippen LogP contribution in [0.15, 0.2) is 67.3 Å².